The van der Waals surface area contributed by atoms with Crippen LogP contribution in [0.3, 0.4) is 0 Å². The molecule has 7 nitrogen and oxygen atoms in total. The number of nitrogens with zero attached hydrogens (tertiary/aromatic N) is 2. The van der Waals surface area contributed by atoms with Gasteiger partial charge in [0.25, 0.3) is 0 Å². The van der Waals surface area contributed by atoms with Gasteiger partial charge in [0.05, 0.1) is 13.1 Å². The lowest BCUT2D eigenvalue weighted by Crippen LogP contribution is -2.56. The Bertz CT molecular complexity index is 433. The third kappa shape index (κ3) is 4.43. The van der Waals surface area contributed by atoms with Crippen LogP contribution in [0.5, 0.6) is 0 Å². The van der Waals surface area contributed by atoms with Crippen molar-refractivity contribution < 1.29 is 19.1 Å². The molecule has 2 rings (SSSR count). The predicted molar refractivity (Wildman–Crippen MR) is 80.0 cm³/mol. The number of rotatable bonds is 4. The van der Waals surface area contributed by atoms with Crippen molar-refractivity contribution in [3.8, 4) is 0 Å². The molecule has 0 spiro atoms. The van der Waals surface area contributed by atoms with Crippen LogP contribution < -0.4 is 5.32 Å². The monoisotopic (exact) mass is 311 g/mol. The Balaban J connectivity index is 1.83. The average molecular weight is 311 g/mol. The smallest absolute Gasteiger partial charge is 0.242 e. The van der Waals surface area contributed by atoms with Crippen molar-refractivity contribution in [2.75, 3.05) is 39.4 Å². The van der Waals surface area contributed by atoms with E-state index in [0.29, 0.717) is 26.3 Å². The summed E-state index contributed by atoms with van der Waals surface area (Å²) in [6, 6.07) is 0.0546. The summed E-state index contributed by atoms with van der Waals surface area (Å²) < 4.78 is 5.26. The molecule has 2 saturated heterocycles. The van der Waals surface area contributed by atoms with E-state index in [1.54, 1.807) is 4.90 Å². The van der Waals surface area contributed by atoms with Crippen LogP contribution in [-0.4, -0.2) is 73.0 Å². The lowest BCUT2D eigenvalue weighted by atomic mass is 9.98. The summed E-state index contributed by atoms with van der Waals surface area (Å²) >= 11 is 0. The third-order valence-electron chi connectivity index (χ3n) is 3.99. The van der Waals surface area contributed by atoms with Gasteiger partial charge in [0.15, 0.2) is 0 Å². The van der Waals surface area contributed by atoms with E-state index in [1.165, 1.54) is 4.90 Å². The van der Waals surface area contributed by atoms with Gasteiger partial charge in [-0.1, -0.05) is 0 Å². The Morgan fingerprint density at radius 2 is 1.95 bits per heavy atom. The van der Waals surface area contributed by atoms with Gasteiger partial charge in [0.1, 0.15) is 0 Å². The van der Waals surface area contributed by atoms with Crippen molar-refractivity contribution in [3.63, 3.8) is 0 Å². The minimum atomic E-state index is -0.162. The standard InChI is InChI=1S/C15H25N3O4/c1-11(2)16-13(19)9-17-5-6-18(10-14(17)20)15(21)12-3-7-22-8-4-12/h11-12H,3-10H2,1-2H3,(H,16,19). The van der Waals surface area contributed by atoms with Crippen LogP contribution in [0.4, 0.5) is 0 Å². The molecule has 124 valence electrons. The predicted octanol–water partition coefficient (Wildman–Crippen LogP) is -0.392. The molecule has 0 atom stereocenters. The van der Waals surface area contributed by atoms with Crippen molar-refractivity contribution in [2.24, 2.45) is 5.92 Å². The van der Waals surface area contributed by atoms with Crippen LogP contribution in [0.1, 0.15) is 26.7 Å². The molecule has 2 heterocycles. The molecule has 1 N–H and O–H groups in total. The molecule has 0 aliphatic carbocycles. The minimum absolute atomic E-state index is 0.0302. The SMILES string of the molecule is CC(C)NC(=O)CN1CCN(C(=O)C2CCOCC2)CC1=O. The summed E-state index contributed by atoms with van der Waals surface area (Å²) in [5, 5.41) is 2.77. The average Bonchev–Trinajstić information content (AvgIpc) is 2.48. The first-order valence-corrected chi connectivity index (χ1v) is 7.91. The van der Waals surface area contributed by atoms with E-state index in [4.69, 9.17) is 4.74 Å². The summed E-state index contributed by atoms with van der Waals surface area (Å²) in [6.45, 7) is 6.03. The topological polar surface area (TPSA) is 79.0 Å². The first-order chi connectivity index (χ1) is 10.5. The van der Waals surface area contributed by atoms with Crippen molar-refractivity contribution in [1.82, 2.24) is 15.1 Å². The molecular weight excluding hydrogens is 286 g/mol. The molecule has 3 amide bonds. The quantitative estimate of drug-likeness (QED) is 0.767. The fraction of sp³-hybridized carbons (Fsp3) is 0.800. The van der Waals surface area contributed by atoms with Crippen LogP contribution in [0.2, 0.25) is 0 Å². The van der Waals surface area contributed by atoms with Crippen molar-refractivity contribution in [1.29, 1.82) is 0 Å². The second-order valence-electron chi connectivity index (χ2n) is 6.18. The van der Waals surface area contributed by atoms with Crippen molar-refractivity contribution >= 4 is 17.7 Å². The number of nitrogens with one attached hydrogen (secondary N) is 1. The lowest BCUT2D eigenvalue weighted by Gasteiger charge is -2.36. The molecule has 2 aliphatic heterocycles. The molecule has 0 aromatic heterocycles. The summed E-state index contributed by atoms with van der Waals surface area (Å²) in [6.07, 6.45) is 1.45. The molecular formula is C15H25N3O4. The van der Waals surface area contributed by atoms with E-state index in [-0.39, 0.29) is 42.8 Å². The minimum Gasteiger partial charge on any atom is -0.381 e. The van der Waals surface area contributed by atoms with E-state index in [0.717, 1.165) is 12.8 Å². The van der Waals surface area contributed by atoms with Gasteiger partial charge < -0.3 is 19.9 Å². The molecule has 22 heavy (non-hydrogen) atoms. The fourth-order valence-electron chi connectivity index (χ4n) is 2.81. The van der Waals surface area contributed by atoms with Gasteiger partial charge in [-0.05, 0) is 26.7 Å². The van der Waals surface area contributed by atoms with Gasteiger partial charge >= 0.3 is 0 Å². The largest absolute Gasteiger partial charge is 0.381 e. The van der Waals surface area contributed by atoms with Gasteiger partial charge in [0.2, 0.25) is 17.7 Å². The highest BCUT2D eigenvalue weighted by atomic mass is 16.5. The Hall–Kier alpha value is -1.63. The normalized spacial score (nSPS) is 20.4. The zero-order valence-electron chi connectivity index (χ0n) is 13.3. The molecule has 0 radical (unpaired) electrons. The summed E-state index contributed by atoms with van der Waals surface area (Å²) in [5.74, 6) is -0.307. The molecule has 0 aromatic rings. The molecule has 0 unspecified atom stereocenters. The van der Waals surface area contributed by atoms with Gasteiger partial charge in [-0.25, -0.2) is 0 Å². The summed E-state index contributed by atoms with van der Waals surface area (Å²) in [5.41, 5.74) is 0. The summed E-state index contributed by atoms with van der Waals surface area (Å²) in [4.78, 5) is 39.4. The molecule has 7 heteroatoms. The molecule has 0 saturated carbocycles. The van der Waals surface area contributed by atoms with E-state index < -0.39 is 0 Å². The number of carbonyl (C=O) groups excluding carboxylic acids is 3. The van der Waals surface area contributed by atoms with Crippen LogP contribution in [-0.2, 0) is 19.1 Å². The number of piperazine rings is 1. The number of ether oxygens (including phenoxy) is 1. The molecule has 2 aliphatic rings. The summed E-state index contributed by atoms with van der Waals surface area (Å²) in [7, 11) is 0. The van der Waals surface area contributed by atoms with Crippen LogP contribution in [0, 0.1) is 5.92 Å². The van der Waals surface area contributed by atoms with Gasteiger partial charge in [-0.2, -0.15) is 0 Å². The number of hydrogen-bond acceptors (Lipinski definition) is 4. The Kier molecular flexibility index (Phi) is 5.76. The van der Waals surface area contributed by atoms with Crippen LogP contribution >= 0.6 is 0 Å². The molecule has 2 fully saturated rings. The maximum absolute atomic E-state index is 12.4. The zero-order chi connectivity index (χ0) is 16.1. The van der Waals surface area contributed by atoms with Crippen molar-refractivity contribution in [2.45, 2.75) is 32.7 Å². The maximum Gasteiger partial charge on any atom is 0.242 e. The van der Waals surface area contributed by atoms with Gasteiger partial charge in [-0.15, -0.1) is 0 Å². The highest BCUT2D eigenvalue weighted by Crippen LogP contribution is 2.18. The zero-order valence-corrected chi connectivity index (χ0v) is 13.3. The van der Waals surface area contributed by atoms with Gasteiger partial charge in [-0.3, -0.25) is 14.4 Å². The first-order valence-electron chi connectivity index (χ1n) is 7.91. The Morgan fingerprint density at radius 1 is 1.27 bits per heavy atom. The maximum atomic E-state index is 12.4. The van der Waals surface area contributed by atoms with Crippen LogP contribution in [0.15, 0.2) is 0 Å². The number of carbonyl (C=O) groups is 3. The van der Waals surface area contributed by atoms with E-state index >= 15 is 0 Å². The second-order valence-corrected chi connectivity index (χ2v) is 6.18. The van der Waals surface area contributed by atoms with Gasteiger partial charge in [0, 0.05) is 38.3 Å². The second kappa shape index (κ2) is 7.58. The van der Waals surface area contributed by atoms with Crippen LogP contribution in [0.25, 0.3) is 0 Å². The number of hydrogen-bond donors (Lipinski definition) is 1. The fourth-order valence-corrected chi connectivity index (χ4v) is 2.81. The molecule has 0 aromatic carbocycles. The highest BCUT2D eigenvalue weighted by Gasteiger charge is 2.32. The van der Waals surface area contributed by atoms with E-state index in [2.05, 4.69) is 5.32 Å². The highest BCUT2D eigenvalue weighted by molar-refractivity contribution is 5.90. The molecule has 0 bridgehead atoms. The third-order valence-corrected chi connectivity index (χ3v) is 3.99. The van der Waals surface area contributed by atoms with E-state index in [1.807, 2.05) is 13.8 Å². The van der Waals surface area contributed by atoms with Crippen molar-refractivity contribution in [3.05, 3.63) is 0 Å². The Morgan fingerprint density at radius 3 is 2.55 bits per heavy atom. The first kappa shape index (κ1) is 16.7. The Labute approximate surface area is 131 Å². The lowest BCUT2D eigenvalue weighted by molar-refractivity contribution is -0.150. The van der Waals surface area contributed by atoms with E-state index in [9.17, 15) is 14.4 Å². The number of amides is 3.